The van der Waals surface area contributed by atoms with Crippen LogP contribution >= 0.6 is 0 Å². The highest BCUT2D eigenvalue weighted by Crippen LogP contribution is 2.02. The molecule has 1 unspecified atom stereocenters. The molecule has 1 aromatic rings. The molecular weight excluding hydrogens is 164 g/mol. The van der Waals surface area contributed by atoms with Gasteiger partial charge < -0.3 is 11.1 Å². The van der Waals surface area contributed by atoms with Crippen LogP contribution in [0.3, 0.4) is 0 Å². The van der Waals surface area contributed by atoms with Crippen LogP contribution in [0.5, 0.6) is 0 Å². The SMILES string of the molecule is CCCC(CN)Nc1ncccn1. The molecule has 4 heteroatoms. The number of hydrogen-bond acceptors (Lipinski definition) is 4. The largest absolute Gasteiger partial charge is 0.350 e. The van der Waals surface area contributed by atoms with Gasteiger partial charge >= 0.3 is 0 Å². The number of hydrogen-bond donors (Lipinski definition) is 2. The van der Waals surface area contributed by atoms with Crippen LogP contribution in [0.15, 0.2) is 18.5 Å². The van der Waals surface area contributed by atoms with E-state index in [1.165, 1.54) is 0 Å². The second-order valence-electron chi connectivity index (χ2n) is 2.94. The predicted molar refractivity (Wildman–Crippen MR) is 53.4 cm³/mol. The topological polar surface area (TPSA) is 63.8 Å². The summed E-state index contributed by atoms with van der Waals surface area (Å²) in [4.78, 5) is 8.14. The van der Waals surface area contributed by atoms with Gasteiger partial charge in [0.1, 0.15) is 0 Å². The molecule has 0 radical (unpaired) electrons. The van der Waals surface area contributed by atoms with Crippen molar-refractivity contribution in [1.29, 1.82) is 0 Å². The lowest BCUT2D eigenvalue weighted by Gasteiger charge is -2.14. The lowest BCUT2D eigenvalue weighted by atomic mass is 10.2. The summed E-state index contributed by atoms with van der Waals surface area (Å²) >= 11 is 0. The first-order valence-corrected chi connectivity index (χ1v) is 4.60. The van der Waals surface area contributed by atoms with Crippen molar-refractivity contribution in [2.45, 2.75) is 25.8 Å². The molecule has 1 heterocycles. The molecule has 0 spiro atoms. The van der Waals surface area contributed by atoms with Gasteiger partial charge in [-0.1, -0.05) is 13.3 Å². The Morgan fingerprint density at radius 3 is 2.69 bits per heavy atom. The minimum Gasteiger partial charge on any atom is -0.350 e. The number of nitrogens with two attached hydrogens (primary N) is 1. The fourth-order valence-electron chi connectivity index (χ4n) is 1.15. The molecule has 0 aliphatic carbocycles. The first-order chi connectivity index (χ1) is 6.36. The second kappa shape index (κ2) is 5.48. The third kappa shape index (κ3) is 3.38. The average molecular weight is 180 g/mol. The van der Waals surface area contributed by atoms with Gasteiger partial charge in [-0.15, -0.1) is 0 Å². The maximum absolute atomic E-state index is 5.59. The molecular formula is C9H16N4. The van der Waals surface area contributed by atoms with Crippen LogP contribution in [-0.2, 0) is 0 Å². The Morgan fingerprint density at radius 1 is 1.46 bits per heavy atom. The van der Waals surface area contributed by atoms with Gasteiger partial charge in [0.25, 0.3) is 0 Å². The molecule has 72 valence electrons. The van der Waals surface area contributed by atoms with Gasteiger partial charge in [-0.25, -0.2) is 9.97 Å². The van der Waals surface area contributed by atoms with Gasteiger partial charge in [0, 0.05) is 25.0 Å². The Morgan fingerprint density at radius 2 is 2.15 bits per heavy atom. The maximum atomic E-state index is 5.59. The van der Waals surface area contributed by atoms with Gasteiger partial charge in [0.2, 0.25) is 5.95 Å². The van der Waals surface area contributed by atoms with Crippen molar-refractivity contribution in [3.63, 3.8) is 0 Å². The summed E-state index contributed by atoms with van der Waals surface area (Å²) in [6.45, 7) is 2.75. The van der Waals surface area contributed by atoms with Crippen LogP contribution in [0.4, 0.5) is 5.95 Å². The van der Waals surface area contributed by atoms with Crippen molar-refractivity contribution in [3.8, 4) is 0 Å². The van der Waals surface area contributed by atoms with Crippen molar-refractivity contribution >= 4 is 5.95 Å². The zero-order valence-corrected chi connectivity index (χ0v) is 7.90. The van der Waals surface area contributed by atoms with E-state index in [0.717, 1.165) is 12.8 Å². The van der Waals surface area contributed by atoms with Gasteiger partial charge in [0.05, 0.1) is 0 Å². The molecule has 1 atom stereocenters. The van der Waals surface area contributed by atoms with Crippen molar-refractivity contribution in [1.82, 2.24) is 9.97 Å². The van der Waals surface area contributed by atoms with E-state index >= 15 is 0 Å². The van der Waals surface area contributed by atoms with Crippen LogP contribution in [-0.4, -0.2) is 22.6 Å². The summed E-state index contributed by atoms with van der Waals surface area (Å²) in [6, 6.07) is 2.08. The van der Waals surface area contributed by atoms with Crippen LogP contribution in [0.25, 0.3) is 0 Å². The number of nitrogens with zero attached hydrogens (tertiary/aromatic N) is 2. The molecule has 0 fully saturated rings. The fourth-order valence-corrected chi connectivity index (χ4v) is 1.15. The summed E-state index contributed by atoms with van der Waals surface area (Å²) in [5.41, 5.74) is 5.59. The summed E-state index contributed by atoms with van der Waals surface area (Å²) < 4.78 is 0. The number of aromatic nitrogens is 2. The predicted octanol–water partition coefficient (Wildman–Crippen LogP) is 1.02. The molecule has 0 aliphatic rings. The van der Waals surface area contributed by atoms with E-state index in [2.05, 4.69) is 22.2 Å². The molecule has 0 saturated heterocycles. The Hall–Kier alpha value is -1.16. The fraction of sp³-hybridized carbons (Fsp3) is 0.556. The highest BCUT2D eigenvalue weighted by atomic mass is 15.1. The van der Waals surface area contributed by atoms with E-state index in [9.17, 15) is 0 Å². The lowest BCUT2D eigenvalue weighted by Crippen LogP contribution is -2.29. The standard InChI is InChI=1S/C9H16N4/c1-2-4-8(7-10)13-9-11-5-3-6-12-9/h3,5-6,8H,2,4,7,10H2,1H3,(H,11,12,13). The summed E-state index contributed by atoms with van der Waals surface area (Å²) in [6.07, 6.45) is 5.60. The molecule has 3 N–H and O–H groups in total. The van der Waals surface area contributed by atoms with Gasteiger partial charge in [-0.3, -0.25) is 0 Å². The Kier molecular flexibility index (Phi) is 4.18. The second-order valence-corrected chi connectivity index (χ2v) is 2.94. The summed E-state index contributed by atoms with van der Waals surface area (Å²) in [5.74, 6) is 0.659. The zero-order chi connectivity index (χ0) is 9.52. The number of anilines is 1. The van der Waals surface area contributed by atoms with Crippen LogP contribution < -0.4 is 11.1 Å². The quantitative estimate of drug-likeness (QED) is 0.710. The smallest absolute Gasteiger partial charge is 0.222 e. The third-order valence-corrected chi connectivity index (χ3v) is 1.82. The van der Waals surface area contributed by atoms with E-state index in [1.807, 2.05) is 0 Å². The molecule has 0 bridgehead atoms. The maximum Gasteiger partial charge on any atom is 0.222 e. The first kappa shape index (κ1) is 9.92. The van der Waals surface area contributed by atoms with Crippen molar-refractivity contribution in [2.24, 2.45) is 5.73 Å². The molecule has 4 nitrogen and oxygen atoms in total. The van der Waals surface area contributed by atoms with E-state index in [-0.39, 0.29) is 6.04 Å². The zero-order valence-electron chi connectivity index (χ0n) is 7.90. The van der Waals surface area contributed by atoms with Gasteiger partial charge in [0.15, 0.2) is 0 Å². The normalized spacial score (nSPS) is 12.5. The van der Waals surface area contributed by atoms with Crippen molar-refractivity contribution < 1.29 is 0 Å². The van der Waals surface area contributed by atoms with E-state index in [0.29, 0.717) is 12.5 Å². The highest BCUT2D eigenvalue weighted by Gasteiger charge is 2.05. The van der Waals surface area contributed by atoms with Crippen molar-refractivity contribution in [2.75, 3.05) is 11.9 Å². The number of nitrogens with one attached hydrogen (secondary N) is 1. The number of rotatable bonds is 5. The van der Waals surface area contributed by atoms with Gasteiger partial charge in [-0.2, -0.15) is 0 Å². The Balaban J connectivity index is 2.46. The van der Waals surface area contributed by atoms with E-state index < -0.39 is 0 Å². The van der Waals surface area contributed by atoms with E-state index in [4.69, 9.17) is 5.73 Å². The van der Waals surface area contributed by atoms with Gasteiger partial charge in [-0.05, 0) is 12.5 Å². The molecule has 1 rings (SSSR count). The Bertz CT molecular complexity index is 224. The monoisotopic (exact) mass is 180 g/mol. The third-order valence-electron chi connectivity index (χ3n) is 1.82. The highest BCUT2D eigenvalue weighted by molar-refractivity contribution is 5.24. The molecule has 0 aliphatic heterocycles. The first-order valence-electron chi connectivity index (χ1n) is 4.60. The van der Waals surface area contributed by atoms with Crippen molar-refractivity contribution in [3.05, 3.63) is 18.5 Å². The molecule has 0 amide bonds. The minimum absolute atomic E-state index is 0.285. The van der Waals surface area contributed by atoms with E-state index in [1.54, 1.807) is 18.5 Å². The Labute approximate surface area is 78.6 Å². The molecule has 1 aromatic heterocycles. The van der Waals surface area contributed by atoms with Crippen LogP contribution in [0.1, 0.15) is 19.8 Å². The minimum atomic E-state index is 0.285. The summed E-state index contributed by atoms with van der Waals surface area (Å²) in [5, 5.41) is 3.18. The molecule has 13 heavy (non-hydrogen) atoms. The average Bonchev–Trinajstić information content (AvgIpc) is 2.19. The molecule has 0 saturated carbocycles. The van der Waals surface area contributed by atoms with Crippen LogP contribution in [0.2, 0.25) is 0 Å². The molecule has 0 aromatic carbocycles. The summed E-state index contributed by atoms with van der Waals surface area (Å²) in [7, 11) is 0. The lowest BCUT2D eigenvalue weighted by molar-refractivity contribution is 0.643. The van der Waals surface area contributed by atoms with Crippen LogP contribution in [0, 0.1) is 0 Å².